The lowest BCUT2D eigenvalue weighted by Crippen LogP contribution is -2.67. The van der Waals surface area contributed by atoms with E-state index in [9.17, 15) is 19.2 Å². The van der Waals surface area contributed by atoms with Gasteiger partial charge in [-0.05, 0) is 27.7 Å². The number of hydrogen-bond donors (Lipinski definition) is 0. The first kappa shape index (κ1) is 29.1. The van der Waals surface area contributed by atoms with Crippen LogP contribution in [0.4, 0.5) is 19.2 Å². The first-order valence-electron chi connectivity index (χ1n) is 12.3. The van der Waals surface area contributed by atoms with Gasteiger partial charge in [0.2, 0.25) is 0 Å². The zero-order chi connectivity index (χ0) is 28.3. The van der Waals surface area contributed by atoms with Crippen LogP contribution in [0.15, 0.2) is 0 Å². The van der Waals surface area contributed by atoms with Gasteiger partial charge in [-0.25, -0.2) is 19.2 Å². The Morgan fingerprint density at radius 1 is 0.641 bits per heavy atom. The molecule has 39 heavy (non-hydrogen) atoms. The van der Waals surface area contributed by atoms with Crippen LogP contribution < -0.4 is 0 Å². The lowest BCUT2D eigenvalue weighted by atomic mass is 10.0. The van der Waals surface area contributed by atoms with E-state index in [0.717, 1.165) is 0 Å². The molecule has 4 aliphatic heterocycles. The molecule has 4 saturated heterocycles. The zero-order valence-electron chi connectivity index (χ0n) is 22.0. The highest BCUT2D eigenvalue weighted by atomic mass is 28.4. The maximum Gasteiger partial charge on any atom is 0.534 e. The summed E-state index contributed by atoms with van der Waals surface area (Å²) < 4.78 is 65.3. The van der Waals surface area contributed by atoms with Gasteiger partial charge in [0.05, 0.1) is 25.4 Å². The van der Waals surface area contributed by atoms with Crippen molar-refractivity contribution >= 4 is 33.4 Å². The minimum Gasteiger partial charge on any atom is -0.430 e. The standard InChI is InChI=1S/C22H32O16Si/c1-21(2,5-13-6-27-17(23)34-13)38-39(32-11-15-8-29-19(25)36-15,33-12-16-9-30-20(26)37-16)22(3,4)31-10-14-7-28-18(24)35-14/h13-16H,5-12H2,1-4H3. The van der Waals surface area contributed by atoms with Gasteiger partial charge < -0.3 is 55.9 Å². The molecule has 4 rings (SSSR count). The molecule has 17 heteroatoms. The van der Waals surface area contributed by atoms with Crippen molar-refractivity contribution in [2.24, 2.45) is 0 Å². The number of carbonyl (C=O) groups is 4. The van der Waals surface area contributed by atoms with Crippen molar-refractivity contribution < 1.29 is 75.1 Å². The number of rotatable bonds is 14. The fourth-order valence-corrected chi connectivity index (χ4v) is 7.15. The molecule has 0 spiro atoms. The first-order chi connectivity index (χ1) is 18.3. The second kappa shape index (κ2) is 11.7. The highest BCUT2D eigenvalue weighted by molar-refractivity contribution is 6.64. The van der Waals surface area contributed by atoms with Crippen molar-refractivity contribution in [1.82, 2.24) is 0 Å². The predicted octanol–water partition coefficient (Wildman–Crippen LogP) is 1.62. The molecule has 0 N–H and O–H groups in total. The van der Waals surface area contributed by atoms with Gasteiger partial charge in [0, 0.05) is 6.42 Å². The van der Waals surface area contributed by atoms with Crippen molar-refractivity contribution in [2.75, 3.05) is 46.2 Å². The summed E-state index contributed by atoms with van der Waals surface area (Å²) in [6, 6.07) is 0. The second-order valence-electron chi connectivity index (χ2n) is 10.3. The van der Waals surface area contributed by atoms with Crippen LogP contribution in [0.25, 0.3) is 0 Å². The fraction of sp³-hybridized carbons (Fsp3) is 0.818. The third-order valence-electron chi connectivity index (χ3n) is 6.02. The number of hydrogen-bond acceptors (Lipinski definition) is 16. The molecular formula is C22H32O16Si. The monoisotopic (exact) mass is 580 g/mol. The summed E-state index contributed by atoms with van der Waals surface area (Å²) in [5.74, 6) is 0. The molecule has 4 heterocycles. The van der Waals surface area contributed by atoms with Crippen LogP contribution in [0.2, 0.25) is 0 Å². The van der Waals surface area contributed by atoms with Crippen LogP contribution in [0.3, 0.4) is 0 Å². The van der Waals surface area contributed by atoms with E-state index in [1.54, 1.807) is 27.7 Å². The number of carbonyl (C=O) groups excluding carboxylic acids is 4. The molecule has 16 nitrogen and oxygen atoms in total. The Kier molecular flexibility index (Phi) is 8.74. The molecule has 0 radical (unpaired) electrons. The smallest absolute Gasteiger partial charge is 0.430 e. The molecule has 0 bridgehead atoms. The number of cyclic esters (lactones) is 8. The Balaban J connectivity index is 1.57. The summed E-state index contributed by atoms with van der Waals surface area (Å²) >= 11 is 0. The van der Waals surface area contributed by atoms with Crippen molar-refractivity contribution in [1.29, 1.82) is 0 Å². The normalized spacial score (nSPS) is 28.4. The maximum atomic E-state index is 11.5. The quantitative estimate of drug-likeness (QED) is 0.164. The topological polar surface area (TPSA) is 179 Å². The van der Waals surface area contributed by atoms with Gasteiger partial charge in [-0.3, -0.25) is 0 Å². The third kappa shape index (κ3) is 7.62. The molecule has 0 amide bonds. The zero-order valence-corrected chi connectivity index (χ0v) is 23.0. The van der Waals surface area contributed by atoms with E-state index >= 15 is 0 Å². The van der Waals surface area contributed by atoms with Gasteiger partial charge in [-0.1, -0.05) is 0 Å². The van der Waals surface area contributed by atoms with E-state index in [1.165, 1.54) is 0 Å². The van der Waals surface area contributed by atoms with Gasteiger partial charge in [0.1, 0.15) is 37.8 Å². The summed E-state index contributed by atoms with van der Waals surface area (Å²) in [5.41, 5.74) is -1.04. The predicted molar refractivity (Wildman–Crippen MR) is 122 cm³/mol. The van der Waals surface area contributed by atoms with Crippen LogP contribution >= 0.6 is 0 Å². The molecule has 0 aromatic rings. The number of ether oxygens (including phenoxy) is 9. The van der Waals surface area contributed by atoms with Crippen LogP contribution in [0.1, 0.15) is 34.1 Å². The van der Waals surface area contributed by atoms with Crippen molar-refractivity contribution in [3.8, 4) is 0 Å². The molecule has 0 aromatic heterocycles. The molecular weight excluding hydrogens is 548 g/mol. The highest BCUT2D eigenvalue weighted by Gasteiger charge is 2.61. The minimum absolute atomic E-state index is 0.00465. The lowest BCUT2D eigenvalue weighted by Gasteiger charge is -2.45. The van der Waals surface area contributed by atoms with Crippen LogP contribution in [0.5, 0.6) is 0 Å². The van der Waals surface area contributed by atoms with Gasteiger partial charge in [0.25, 0.3) is 0 Å². The lowest BCUT2D eigenvalue weighted by molar-refractivity contribution is -0.113. The molecule has 0 aliphatic carbocycles. The highest BCUT2D eigenvalue weighted by Crippen LogP contribution is 2.36. The molecule has 4 aliphatic rings. The van der Waals surface area contributed by atoms with Gasteiger partial charge >= 0.3 is 33.4 Å². The van der Waals surface area contributed by atoms with E-state index in [-0.39, 0.29) is 52.7 Å². The summed E-state index contributed by atoms with van der Waals surface area (Å²) in [6.45, 7) is 6.33. The summed E-state index contributed by atoms with van der Waals surface area (Å²) in [6.07, 6.45) is -5.85. The van der Waals surface area contributed by atoms with E-state index in [2.05, 4.69) is 0 Å². The largest absolute Gasteiger partial charge is 0.534 e. The minimum atomic E-state index is -4.09. The van der Waals surface area contributed by atoms with Crippen LogP contribution in [-0.2, 0) is 55.9 Å². The average molecular weight is 581 g/mol. The van der Waals surface area contributed by atoms with Gasteiger partial charge in [-0.15, -0.1) is 0 Å². The summed E-state index contributed by atoms with van der Waals surface area (Å²) in [7, 11) is -4.09. The fourth-order valence-electron chi connectivity index (χ4n) is 4.13. The Morgan fingerprint density at radius 3 is 1.41 bits per heavy atom. The Bertz CT molecular complexity index is 907. The first-order valence-corrected chi connectivity index (χ1v) is 14.0. The molecule has 4 unspecified atom stereocenters. The van der Waals surface area contributed by atoms with E-state index in [1.807, 2.05) is 0 Å². The molecule has 0 saturated carbocycles. The average Bonchev–Trinajstić information content (AvgIpc) is 3.64. The Hall–Kier alpha value is -2.86. The summed E-state index contributed by atoms with van der Waals surface area (Å²) in [5, 5.41) is -1.32. The SMILES string of the molecule is CC(C)(CC1COC(=O)O1)O[Si](OCC1COC(=O)O1)(OCC1COC(=O)O1)C(C)(C)OCC1COC(=O)O1. The maximum absolute atomic E-state index is 11.5. The summed E-state index contributed by atoms with van der Waals surface area (Å²) in [4.78, 5) is 45.8. The molecule has 0 aromatic carbocycles. The Morgan fingerprint density at radius 2 is 1.03 bits per heavy atom. The van der Waals surface area contributed by atoms with Crippen molar-refractivity contribution in [2.45, 2.75) is 69.4 Å². The van der Waals surface area contributed by atoms with Gasteiger partial charge in [0.15, 0.2) is 18.3 Å². The van der Waals surface area contributed by atoms with E-state index < -0.39 is 68.7 Å². The van der Waals surface area contributed by atoms with Crippen LogP contribution in [-0.4, -0.2) is 115 Å². The van der Waals surface area contributed by atoms with E-state index in [0.29, 0.717) is 0 Å². The van der Waals surface area contributed by atoms with Gasteiger partial charge in [-0.2, -0.15) is 0 Å². The molecule has 4 fully saturated rings. The second-order valence-corrected chi connectivity index (χ2v) is 13.4. The molecule has 4 atom stereocenters. The van der Waals surface area contributed by atoms with Crippen LogP contribution in [0, 0.1) is 0 Å². The van der Waals surface area contributed by atoms with Crippen molar-refractivity contribution in [3.05, 3.63) is 0 Å². The van der Waals surface area contributed by atoms with Crippen molar-refractivity contribution in [3.63, 3.8) is 0 Å². The third-order valence-corrected chi connectivity index (χ3v) is 9.55. The van der Waals surface area contributed by atoms with E-state index in [4.69, 9.17) is 55.9 Å². The molecule has 220 valence electrons. The Labute approximate surface area is 224 Å².